The zero-order valence-electron chi connectivity index (χ0n) is 48.8. The van der Waals surface area contributed by atoms with Gasteiger partial charge in [0.1, 0.15) is 54.6 Å². The first kappa shape index (κ1) is 63.2. The molecule has 0 aliphatic carbocycles. The average Bonchev–Trinajstić information content (AvgIpc) is 3.92. The van der Waals surface area contributed by atoms with Crippen LogP contribution in [0.15, 0.2) is 121 Å². The summed E-state index contributed by atoms with van der Waals surface area (Å²) in [5, 5.41) is 11.3. The van der Waals surface area contributed by atoms with Crippen LogP contribution < -0.4 is 21.3 Å². The molecule has 0 spiro atoms. The third-order valence-electron chi connectivity index (χ3n) is 14.3. The lowest BCUT2D eigenvalue weighted by atomic mass is 9.87. The van der Waals surface area contributed by atoms with Crippen molar-refractivity contribution in [3.63, 3.8) is 0 Å². The number of carbonyl (C=O) groups excluding carboxylic acids is 8. The minimum Gasteiger partial charge on any atom is -0.459 e. The molecule has 2 aliphatic heterocycles. The van der Waals surface area contributed by atoms with E-state index in [0.29, 0.717) is 19.3 Å². The summed E-state index contributed by atoms with van der Waals surface area (Å²) in [7, 11) is 0. The van der Waals surface area contributed by atoms with Gasteiger partial charge in [-0.15, -0.1) is 0 Å². The molecule has 0 bridgehead atoms. The highest BCUT2D eigenvalue weighted by atomic mass is 16.6. The van der Waals surface area contributed by atoms with E-state index in [1.807, 2.05) is 116 Å². The molecular formula is C63H83N7O12. The van der Waals surface area contributed by atoms with Crippen molar-refractivity contribution in [1.29, 1.82) is 0 Å². The lowest BCUT2D eigenvalue weighted by molar-refractivity contribution is -0.157. The Hall–Kier alpha value is -7.96. The van der Waals surface area contributed by atoms with Crippen molar-refractivity contribution in [2.24, 2.45) is 0 Å². The Bertz CT molecular complexity index is 2750. The summed E-state index contributed by atoms with van der Waals surface area (Å²) < 4.78 is 22.5. The van der Waals surface area contributed by atoms with E-state index in [2.05, 4.69) is 21.3 Å². The van der Waals surface area contributed by atoms with Crippen molar-refractivity contribution in [3.8, 4) is 0 Å². The van der Waals surface area contributed by atoms with Gasteiger partial charge in [0.15, 0.2) is 0 Å². The normalized spacial score (nSPS) is 17.0. The molecule has 0 aromatic heterocycles. The minimum atomic E-state index is -1.56. The van der Waals surface area contributed by atoms with Gasteiger partial charge in [-0.1, -0.05) is 128 Å². The molecule has 4 aromatic carbocycles. The maximum atomic E-state index is 15.1. The molecule has 6 rings (SSSR count). The van der Waals surface area contributed by atoms with E-state index in [1.165, 1.54) is 9.80 Å². The molecular weight excluding hydrogens is 1050 g/mol. The van der Waals surface area contributed by atoms with Crippen LogP contribution in [0.2, 0.25) is 0 Å². The van der Waals surface area contributed by atoms with Crippen LogP contribution >= 0.6 is 0 Å². The summed E-state index contributed by atoms with van der Waals surface area (Å²) in [5.74, 6) is -2.96. The largest absolute Gasteiger partial charge is 0.459 e. The van der Waals surface area contributed by atoms with Crippen molar-refractivity contribution < 1.29 is 57.3 Å². The van der Waals surface area contributed by atoms with E-state index in [4.69, 9.17) is 18.9 Å². The molecule has 5 atom stereocenters. The average molecular weight is 1130 g/mol. The number of carbonyl (C=O) groups is 8. The quantitative estimate of drug-likeness (QED) is 0.0295. The van der Waals surface area contributed by atoms with Gasteiger partial charge >= 0.3 is 24.2 Å². The molecule has 2 aliphatic rings. The van der Waals surface area contributed by atoms with Gasteiger partial charge in [0.05, 0.1) is 0 Å². The zero-order chi connectivity index (χ0) is 59.5. The minimum absolute atomic E-state index is 0.00306. The van der Waals surface area contributed by atoms with E-state index >= 15 is 4.79 Å². The highest BCUT2D eigenvalue weighted by molar-refractivity contribution is 5.96. The van der Waals surface area contributed by atoms with Gasteiger partial charge in [-0.3, -0.25) is 24.1 Å². The van der Waals surface area contributed by atoms with Crippen LogP contribution in [0.25, 0.3) is 0 Å². The fourth-order valence-corrected chi connectivity index (χ4v) is 10.1. The van der Waals surface area contributed by atoms with Crippen molar-refractivity contribution in [1.82, 2.24) is 36.0 Å². The molecule has 3 unspecified atom stereocenters. The topological polar surface area (TPSA) is 231 Å². The molecule has 2 heterocycles. The molecule has 19 nitrogen and oxygen atoms in total. The predicted octanol–water partition coefficient (Wildman–Crippen LogP) is 8.35. The van der Waals surface area contributed by atoms with Crippen LogP contribution in [0, 0.1) is 0 Å². The first-order valence-corrected chi connectivity index (χ1v) is 28.5. The van der Waals surface area contributed by atoms with Crippen molar-refractivity contribution >= 4 is 47.9 Å². The number of benzene rings is 4. The maximum Gasteiger partial charge on any atom is 0.410 e. The molecule has 2 saturated heterocycles. The molecule has 4 N–H and O–H groups in total. The molecule has 4 aromatic rings. The molecule has 7 amide bonds. The summed E-state index contributed by atoms with van der Waals surface area (Å²) >= 11 is 0. The highest BCUT2D eigenvalue weighted by Gasteiger charge is 2.49. The van der Waals surface area contributed by atoms with Gasteiger partial charge in [-0.25, -0.2) is 19.2 Å². The fourth-order valence-electron chi connectivity index (χ4n) is 10.1. The second-order valence-corrected chi connectivity index (χ2v) is 23.2. The van der Waals surface area contributed by atoms with Gasteiger partial charge in [0.25, 0.3) is 0 Å². The Kier molecular flexibility index (Phi) is 22.9. The second-order valence-electron chi connectivity index (χ2n) is 23.2. The smallest absolute Gasteiger partial charge is 0.410 e. The monoisotopic (exact) mass is 1130 g/mol. The van der Waals surface area contributed by atoms with Crippen LogP contribution in [-0.4, -0.2) is 136 Å². The number of piperidine rings is 1. The number of ether oxygens (including phenoxy) is 4. The Morgan fingerprint density at radius 1 is 0.707 bits per heavy atom. The van der Waals surface area contributed by atoms with Gasteiger partial charge in [-0.05, 0) is 116 Å². The number of hydrogen-bond acceptors (Lipinski definition) is 12. The summed E-state index contributed by atoms with van der Waals surface area (Å²) in [6, 6.07) is 33.1. The van der Waals surface area contributed by atoms with Gasteiger partial charge < -0.3 is 50.0 Å². The number of alkyl carbamates (subject to hydrolysis) is 2. The Balaban J connectivity index is 1.20. The van der Waals surface area contributed by atoms with E-state index < -0.39 is 95.3 Å². The highest BCUT2D eigenvalue weighted by Crippen LogP contribution is 2.31. The molecule has 442 valence electrons. The number of amides is 7. The Morgan fingerprint density at radius 2 is 1.26 bits per heavy atom. The predicted molar refractivity (Wildman–Crippen MR) is 309 cm³/mol. The van der Waals surface area contributed by atoms with Gasteiger partial charge in [0.2, 0.25) is 23.6 Å². The standard InChI is InChI=1S/C63H83N7O12/c1-9-48(49-30-20-13-21-31-49)40-69(60(78)82-62(6,7)8)41-53(71)65-50(39-45-24-14-10-15-25-45)54(72)66-51-38-44(2)70(55(51)73)52(32-22-23-35-64-58(76)81-61(3,4)5)56(74)68-36-33-63(34-37-68,57(75)79-42-46-26-16-11-17-27-46)67-59(77)80-43-47-28-18-12-19-29-47/h10-21,24-31,44,48,50-52H,9,22-23,32-43H2,1-8H3,(H,64,76)(H,65,71)(H,66,72)(H,67,77)/t44?,48?,50-,51-,52?/m1/s1. The van der Waals surface area contributed by atoms with Gasteiger partial charge in [-0.2, -0.15) is 0 Å². The van der Waals surface area contributed by atoms with Crippen LogP contribution in [0.3, 0.4) is 0 Å². The summed E-state index contributed by atoms with van der Waals surface area (Å²) in [4.78, 5) is 117. The van der Waals surface area contributed by atoms with Gasteiger partial charge in [0, 0.05) is 44.6 Å². The third kappa shape index (κ3) is 19.4. The lowest BCUT2D eigenvalue weighted by Gasteiger charge is -2.42. The molecule has 0 radical (unpaired) electrons. The summed E-state index contributed by atoms with van der Waals surface area (Å²) in [6.45, 7) is 14.2. The van der Waals surface area contributed by atoms with Crippen LogP contribution in [0.4, 0.5) is 14.4 Å². The molecule has 82 heavy (non-hydrogen) atoms. The number of nitrogens with one attached hydrogen (secondary N) is 4. The number of nitrogens with zero attached hydrogens (tertiary/aromatic N) is 3. The first-order chi connectivity index (χ1) is 39.0. The zero-order valence-corrected chi connectivity index (χ0v) is 48.8. The van der Waals surface area contributed by atoms with E-state index in [1.54, 1.807) is 65.5 Å². The molecule has 0 saturated carbocycles. The molecule has 2 fully saturated rings. The van der Waals surface area contributed by atoms with Crippen molar-refractivity contribution in [2.45, 2.75) is 167 Å². The Labute approximate surface area is 482 Å². The van der Waals surface area contributed by atoms with Crippen LogP contribution in [0.5, 0.6) is 0 Å². The molecule has 19 heteroatoms. The number of unbranched alkanes of at least 4 members (excludes halogenated alkanes) is 1. The summed E-state index contributed by atoms with van der Waals surface area (Å²) in [6.07, 6.45) is -0.294. The van der Waals surface area contributed by atoms with E-state index in [0.717, 1.165) is 22.3 Å². The van der Waals surface area contributed by atoms with Crippen LogP contribution in [0.1, 0.15) is 129 Å². The first-order valence-electron chi connectivity index (χ1n) is 28.5. The summed E-state index contributed by atoms with van der Waals surface area (Å²) in [5.41, 5.74) is 0.0875. The van der Waals surface area contributed by atoms with Crippen LogP contribution in [-0.2, 0) is 62.6 Å². The third-order valence-corrected chi connectivity index (χ3v) is 14.3. The SMILES string of the molecule is CCC(CN(CC(=O)N[C@H](Cc1ccccc1)C(=O)N[C@@H]1CC(C)N(C(CCCCNC(=O)OC(C)(C)C)C(=O)N2CCC(NC(=O)OCc3ccccc3)(C(=O)OCc3ccccc3)CC2)C1=O)C(=O)OC(C)(C)C)c1ccccc1. The lowest BCUT2D eigenvalue weighted by Crippen LogP contribution is -2.63. The van der Waals surface area contributed by atoms with E-state index in [-0.39, 0.29) is 77.4 Å². The maximum absolute atomic E-state index is 15.1. The van der Waals surface area contributed by atoms with Crippen molar-refractivity contribution in [2.75, 3.05) is 32.7 Å². The number of esters is 1. The Morgan fingerprint density at radius 3 is 1.82 bits per heavy atom. The number of hydrogen-bond donors (Lipinski definition) is 4. The van der Waals surface area contributed by atoms with E-state index in [9.17, 15) is 33.6 Å². The van der Waals surface area contributed by atoms with Crippen molar-refractivity contribution in [3.05, 3.63) is 144 Å². The fraction of sp³-hybridized carbons (Fsp3) is 0.492. The number of rotatable bonds is 24. The second kappa shape index (κ2) is 29.7. The number of likely N-dealkylation sites (tertiary alicyclic amines) is 2.